The Bertz CT molecular complexity index is 1040. The Labute approximate surface area is 195 Å². The highest BCUT2D eigenvalue weighted by molar-refractivity contribution is 6.35. The third-order valence-electron chi connectivity index (χ3n) is 5.52. The number of hydrogen-bond donors (Lipinski definition) is 1. The summed E-state index contributed by atoms with van der Waals surface area (Å²) >= 11 is 18.3. The molecule has 0 aliphatic carbocycles. The van der Waals surface area contributed by atoms with Crippen molar-refractivity contribution < 1.29 is 14.4 Å². The Morgan fingerprint density at radius 2 is 1.71 bits per heavy atom. The van der Waals surface area contributed by atoms with E-state index in [2.05, 4.69) is 5.32 Å². The molecule has 2 fully saturated rings. The van der Waals surface area contributed by atoms with Gasteiger partial charge in [-0.15, -0.1) is 0 Å². The van der Waals surface area contributed by atoms with Crippen molar-refractivity contribution in [2.24, 2.45) is 0 Å². The van der Waals surface area contributed by atoms with Crippen molar-refractivity contribution in [2.45, 2.75) is 31.7 Å². The van der Waals surface area contributed by atoms with E-state index in [0.29, 0.717) is 64.4 Å². The number of likely N-dealkylation sites (tertiary alicyclic amines) is 1. The molecule has 9 heteroatoms. The van der Waals surface area contributed by atoms with Crippen LogP contribution in [0.2, 0.25) is 15.1 Å². The Morgan fingerprint density at radius 3 is 2.39 bits per heavy atom. The van der Waals surface area contributed by atoms with Gasteiger partial charge < -0.3 is 15.1 Å². The van der Waals surface area contributed by atoms with Gasteiger partial charge in [-0.3, -0.25) is 14.4 Å². The summed E-state index contributed by atoms with van der Waals surface area (Å²) in [5.41, 5.74) is 1.44. The third kappa shape index (κ3) is 4.66. The van der Waals surface area contributed by atoms with Crippen molar-refractivity contribution in [3.63, 3.8) is 0 Å². The van der Waals surface area contributed by atoms with Gasteiger partial charge in [0.05, 0.1) is 10.7 Å². The molecule has 0 radical (unpaired) electrons. The fourth-order valence-electron chi connectivity index (χ4n) is 4.04. The van der Waals surface area contributed by atoms with Crippen molar-refractivity contribution in [1.29, 1.82) is 0 Å². The molecule has 0 aromatic heterocycles. The number of anilines is 2. The molecule has 2 heterocycles. The summed E-state index contributed by atoms with van der Waals surface area (Å²) in [4.78, 5) is 41.3. The van der Waals surface area contributed by atoms with E-state index in [4.69, 9.17) is 34.8 Å². The first-order valence-electron chi connectivity index (χ1n) is 10.0. The van der Waals surface area contributed by atoms with Crippen LogP contribution >= 0.6 is 34.8 Å². The minimum absolute atomic E-state index is 0.0485. The average Bonchev–Trinajstić information content (AvgIpc) is 3.37. The van der Waals surface area contributed by atoms with E-state index in [1.807, 2.05) is 0 Å². The van der Waals surface area contributed by atoms with Crippen LogP contribution in [0, 0.1) is 0 Å². The normalized spacial score (nSPS) is 18.5. The van der Waals surface area contributed by atoms with Crippen molar-refractivity contribution in [3.8, 4) is 0 Å². The number of rotatable bonds is 4. The molecule has 2 aliphatic rings. The van der Waals surface area contributed by atoms with Crippen molar-refractivity contribution >= 4 is 63.9 Å². The highest BCUT2D eigenvalue weighted by atomic mass is 35.5. The van der Waals surface area contributed by atoms with Gasteiger partial charge >= 0.3 is 0 Å². The van der Waals surface area contributed by atoms with E-state index in [1.54, 1.807) is 29.2 Å². The zero-order valence-electron chi connectivity index (χ0n) is 16.5. The first-order chi connectivity index (χ1) is 14.8. The number of carbonyl (C=O) groups is 3. The highest BCUT2D eigenvalue weighted by Crippen LogP contribution is 2.31. The van der Waals surface area contributed by atoms with Crippen LogP contribution in [-0.2, 0) is 9.59 Å². The largest absolute Gasteiger partial charge is 0.327 e. The van der Waals surface area contributed by atoms with Crippen molar-refractivity contribution in [1.82, 2.24) is 4.90 Å². The Balaban J connectivity index is 1.52. The number of carbonyl (C=O) groups excluding carboxylic acids is 3. The number of halogens is 3. The third-order valence-corrected chi connectivity index (χ3v) is 6.28. The van der Waals surface area contributed by atoms with E-state index in [-0.39, 0.29) is 17.7 Å². The molecule has 1 N–H and O–H groups in total. The average molecular weight is 481 g/mol. The molecule has 0 spiro atoms. The van der Waals surface area contributed by atoms with Gasteiger partial charge in [0.1, 0.15) is 6.04 Å². The second-order valence-corrected chi connectivity index (χ2v) is 8.90. The van der Waals surface area contributed by atoms with Crippen LogP contribution in [-0.4, -0.2) is 41.8 Å². The van der Waals surface area contributed by atoms with E-state index in [9.17, 15) is 14.4 Å². The van der Waals surface area contributed by atoms with E-state index < -0.39 is 6.04 Å². The van der Waals surface area contributed by atoms with Crippen LogP contribution in [0.1, 0.15) is 36.0 Å². The predicted octanol–water partition coefficient (Wildman–Crippen LogP) is 5.02. The van der Waals surface area contributed by atoms with E-state index >= 15 is 0 Å². The van der Waals surface area contributed by atoms with Gasteiger partial charge in [-0.1, -0.05) is 34.8 Å². The topological polar surface area (TPSA) is 69.7 Å². The van der Waals surface area contributed by atoms with Gasteiger partial charge in [0.15, 0.2) is 0 Å². The Hall–Kier alpha value is -2.28. The zero-order chi connectivity index (χ0) is 22.1. The Morgan fingerprint density at radius 1 is 0.968 bits per heavy atom. The second kappa shape index (κ2) is 9.07. The molecule has 2 aromatic carbocycles. The summed E-state index contributed by atoms with van der Waals surface area (Å²) in [6.07, 6.45) is 2.55. The highest BCUT2D eigenvalue weighted by Gasteiger charge is 2.35. The number of amides is 3. The molecule has 2 aliphatic heterocycles. The van der Waals surface area contributed by atoms with Crippen LogP contribution in [0.25, 0.3) is 0 Å². The summed E-state index contributed by atoms with van der Waals surface area (Å²) in [6.45, 7) is 1.10. The van der Waals surface area contributed by atoms with Gasteiger partial charge in [-0.05, 0) is 55.7 Å². The lowest BCUT2D eigenvalue weighted by Crippen LogP contribution is -2.43. The molecular weight excluding hydrogens is 461 g/mol. The van der Waals surface area contributed by atoms with Gasteiger partial charge in [0, 0.05) is 40.8 Å². The number of benzene rings is 2. The summed E-state index contributed by atoms with van der Waals surface area (Å²) in [5, 5.41) is 3.91. The predicted molar refractivity (Wildman–Crippen MR) is 122 cm³/mol. The molecular formula is C22H20Cl3N3O3. The lowest BCUT2D eigenvalue weighted by Gasteiger charge is -2.25. The molecule has 0 bridgehead atoms. The zero-order valence-corrected chi connectivity index (χ0v) is 18.8. The number of nitrogens with one attached hydrogen (secondary N) is 1. The summed E-state index contributed by atoms with van der Waals surface area (Å²) in [7, 11) is 0. The maximum atomic E-state index is 13.0. The van der Waals surface area contributed by atoms with Gasteiger partial charge in [-0.2, -0.15) is 0 Å². The maximum Gasteiger partial charge on any atom is 0.254 e. The molecule has 0 saturated carbocycles. The molecule has 162 valence electrons. The van der Waals surface area contributed by atoms with Gasteiger partial charge in [-0.25, -0.2) is 0 Å². The SMILES string of the molecule is O=C(Nc1cc(N2CCCC2=O)ccc1Cl)C1CCCN1C(=O)c1cc(Cl)cc(Cl)c1. The standard InChI is InChI=1S/C22H20Cl3N3O3/c23-14-9-13(10-15(24)11-14)22(31)28-8-1-3-19(28)21(30)26-18-12-16(5-6-17(18)25)27-7-2-4-20(27)29/h5-6,9-12,19H,1-4,7-8H2,(H,26,30). The number of hydrogen-bond acceptors (Lipinski definition) is 3. The maximum absolute atomic E-state index is 13.0. The fraction of sp³-hybridized carbons (Fsp3) is 0.318. The van der Waals surface area contributed by atoms with Crippen LogP contribution in [0.3, 0.4) is 0 Å². The molecule has 3 amide bonds. The smallest absolute Gasteiger partial charge is 0.254 e. The lowest BCUT2D eigenvalue weighted by atomic mass is 10.1. The van der Waals surface area contributed by atoms with Crippen LogP contribution in [0.4, 0.5) is 11.4 Å². The summed E-state index contributed by atoms with van der Waals surface area (Å²) in [6, 6.07) is 9.10. The minimum atomic E-state index is -0.640. The van der Waals surface area contributed by atoms with E-state index in [0.717, 1.165) is 6.42 Å². The molecule has 4 rings (SSSR count). The molecule has 6 nitrogen and oxygen atoms in total. The molecule has 31 heavy (non-hydrogen) atoms. The lowest BCUT2D eigenvalue weighted by molar-refractivity contribution is -0.119. The van der Waals surface area contributed by atoms with Crippen molar-refractivity contribution in [3.05, 3.63) is 57.0 Å². The first-order valence-corrected chi connectivity index (χ1v) is 11.1. The number of nitrogens with zero attached hydrogens (tertiary/aromatic N) is 2. The molecule has 2 aromatic rings. The minimum Gasteiger partial charge on any atom is -0.327 e. The summed E-state index contributed by atoms with van der Waals surface area (Å²) < 4.78 is 0. The summed E-state index contributed by atoms with van der Waals surface area (Å²) in [5.74, 6) is -0.581. The monoisotopic (exact) mass is 479 g/mol. The quantitative estimate of drug-likeness (QED) is 0.668. The van der Waals surface area contributed by atoms with Crippen LogP contribution in [0.5, 0.6) is 0 Å². The molecule has 1 atom stereocenters. The molecule has 2 saturated heterocycles. The van der Waals surface area contributed by atoms with Crippen LogP contribution < -0.4 is 10.2 Å². The van der Waals surface area contributed by atoms with Crippen molar-refractivity contribution in [2.75, 3.05) is 23.3 Å². The fourth-order valence-corrected chi connectivity index (χ4v) is 4.73. The first kappa shape index (κ1) is 21.9. The molecule has 1 unspecified atom stereocenters. The van der Waals surface area contributed by atoms with E-state index in [1.165, 1.54) is 17.0 Å². The van der Waals surface area contributed by atoms with Crippen LogP contribution in [0.15, 0.2) is 36.4 Å². The second-order valence-electron chi connectivity index (χ2n) is 7.62. The Kier molecular flexibility index (Phi) is 6.42. The van der Waals surface area contributed by atoms with Gasteiger partial charge in [0.2, 0.25) is 11.8 Å². The van der Waals surface area contributed by atoms with Gasteiger partial charge in [0.25, 0.3) is 5.91 Å².